The molecule has 230 valence electrons. The lowest BCUT2D eigenvalue weighted by Crippen LogP contribution is -2.46. The molecule has 0 aromatic heterocycles. The Morgan fingerprint density at radius 2 is 1.78 bits per heavy atom. The fraction of sp³-hybridized carbons (Fsp3) is 0.222. The number of hydrogen-bond donors (Lipinski definition) is 0. The van der Waals surface area contributed by atoms with E-state index in [0.717, 1.165) is 47.1 Å². The van der Waals surface area contributed by atoms with Crippen LogP contribution in [0.2, 0.25) is 0 Å². The van der Waals surface area contributed by atoms with Gasteiger partial charge in [-0.3, -0.25) is 10.1 Å². The molecule has 45 heavy (non-hydrogen) atoms. The molecule has 4 aromatic carbocycles. The third-order valence-corrected chi connectivity index (χ3v) is 8.59. The lowest BCUT2D eigenvalue weighted by molar-refractivity contribution is -0.384. The topological polar surface area (TPSA) is 61.6 Å². The molecule has 4 aromatic rings. The predicted molar refractivity (Wildman–Crippen MR) is 164 cm³/mol. The van der Waals surface area contributed by atoms with Gasteiger partial charge in [0, 0.05) is 18.1 Å². The summed E-state index contributed by atoms with van der Waals surface area (Å²) in [5.74, 6) is -1.38. The van der Waals surface area contributed by atoms with Crippen molar-refractivity contribution in [3.8, 4) is 5.75 Å². The molecule has 1 saturated carbocycles. The van der Waals surface area contributed by atoms with Crippen molar-refractivity contribution >= 4 is 22.5 Å². The van der Waals surface area contributed by atoms with Crippen molar-refractivity contribution in [2.75, 3.05) is 6.61 Å². The van der Waals surface area contributed by atoms with Gasteiger partial charge >= 0.3 is 6.18 Å². The largest absolute Gasteiger partial charge is 0.497 e. The van der Waals surface area contributed by atoms with E-state index in [9.17, 15) is 23.3 Å². The van der Waals surface area contributed by atoms with E-state index in [2.05, 4.69) is 12.2 Å². The molecule has 1 aliphatic heterocycles. The van der Waals surface area contributed by atoms with E-state index in [-0.39, 0.29) is 17.5 Å². The van der Waals surface area contributed by atoms with E-state index in [0.29, 0.717) is 24.2 Å². The van der Waals surface area contributed by atoms with Crippen molar-refractivity contribution in [1.82, 2.24) is 0 Å². The average molecular weight is 616 g/mol. The van der Waals surface area contributed by atoms with Crippen LogP contribution in [0, 0.1) is 21.8 Å². The highest BCUT2D eigenvalue weighted by Gasteiger charge is 2.51. The van der Waals surface area contributed by atoms with Crippen LogP contribution in [0.1, 0.15) is 47.4 Å². The lowest BCUT2D eigenvalue weighted by Gasteiger charge is -2.49. The summed E-state index contributed by atoms with van der Waals surface area (Å²) >= 11 is 0. The first-order chi connectivity index (χ1) is 21.7. The van der Waals surface area contributed by atoms with Gasteiger partial charge in [0.2, 0.25) is 0 Å². The quantitative estimate of drug-likeness (QED) is 0.130. The third kappa shape index (κ3) is 5.94. The number of nitrogens with zero attached hydrogens (tertiary/aromatic N) is 1. The summed E-state index contributed by atoms with van der Waals surface area (Å²) in [5, 5.41) is 13.3. The number of benzene rings is 4. The maximum atomic E-state index is 15.0. The number of rotatable bonds is 4. The zero-order chi connectivity index (χ0) is 31.6. The molecule has 0 amide bonds. The number of nitro benzene ring substituents is 1. The number of fused-ring (bicyclic) bond motifs is 5. The molecule has 0 radical (unpaired) electrons. The zero-order valence-corrected chi connectivity index (χ0v) is 24.0. The highest BCUT2D eigenvalue weighted by molar-refractivity contribution is 5.93. The first-order valence-electron chi connectivity index (χ1n) is 14.6. The summed E-state index contributed by atoms with van der Waals surface area (Å²) in [7, 11) is 0. The fourth-order valence-electron chi connectivity index (χ4n) is 6.64. The van der Waals surface area contributed by atoms with Crippen LogP contribution in [0.4, 0.5) is 23.2 Å². The highest BCUT2D eigenvalue weighted by Crippen LogP contribution is 2.56. The van der Waals surface area contributed by atoms with Crippen molar-refractivity contribution in [2.45, 2.75) is 37.0 Å². The van der Waals surface area contributed by atoms with Crippen LogP contribution < -0.4 is 4.74 Å². The predicted octanol–water partition coefficient (Wildman–Crippen LogP) is 9.88. The molecule has 3 atom stereocenters. The van der Waals surface area contributed by atoms with E-state index in [4.69, 9.17) is 9.47 Å². The van der Waals surface area contributed by atoms with Crippen molar-refractivity contribution in [3.05, 3.63) is 148 Å². The summed E-state index contributed by atoms with van der Waals surface area (Å²) in [6.45, 7) is 0.733. The van der Waals surface area contributed by atoms with Gasteiger partial charge in [-0.1, -0.05) is 60.7 Å². The van der Waals surface area contributed by atoms with Gasteiger partial charge in [0.05, 0.1) is 16.7 Å². The summed E-state index contributed by atoms with van der Waals surface area (Å²) in [6, 6.07) is 20.6. The van der Waals surface area contributed by atoms with Gasteiger partial charge in [-0.25, -0.2) is 4.39 Å². The molecule has 9 heteroatoms. The Hall–Kier alpha value is -4.92. The van der Waals surface area contributed by atoms with Crippen LogP contribution in [-0.2, 0) is 16.5 Å². The second kappa shape index (κ2) is 12.2. The Balaban J connectivity index is 0.000000535. The minimum Gasteiger partial charge on any atom is -0.497 e. The number of halogens is 4. The molecular weight excluding hydrogens is 586 g/mol. The van der Waals surface area contributed by atoms with Crippen LogP contribution in [-0.4, -0.2) is 11.5 Å². The molecule has 0 bridgehead atoms. The number of alkyl halides is 3. The van der Waals surface area contributed by atoms with E-state index in [1.165, 1.54) is 30.3 Å². The SMILES string of the molecule is C1=CCOC=C1.O=[N+]([O-])c1ccc(OC2(c3ccc(C(F)(F)F)c(F)c3)CCCC3C=Cc4c(ccc5ccccc45)C32)cc1. The van der Waals surface area contributed by atoms with Crippen LogP contribution in [0.3, 0.4) is 0 Å². The average Bonchev–Trinajstić information content (AvgIpc) is 3.05. The van der Waals surface area contributed by atoms with Crippen LogP contribution in [0.25, 0.3) is 16.8 Å². The van der Waals surface area contributed by atoms with E-state index >= 15 is 4.39 Å². The number of hydrogen-bond acceptors (Lipinski definition) is 4. The first kappa shape index (κ1) is 30.1. The van der Waals surface area contributed by atoms with Crippen LogP contribution in [0.15, 0.2) is 109 Å². The Kier molecular flexibility index (Phi) is 8.18. The first-order valence-corrected chi connectivity index (χ1v) is 14.6. The summed E-state index contributed by atoms with van der Waals surface area (Å²) in [4.78, 5) is 10.7. The Bertz CT molecular complexity index is 1800. The van der Waals surface area contributed by atoms with Crippen molar-refractivity contribution < 1.29 is 32.0 Å². The zero-order valence-electron chi connectivity index (χ0n) is 24.0. The molecule has 0 saturated heterocycles. The third-order valence-electron chi connectivity index (χ3n) is 8.59. The van der Waals surface area contributed by atoms with Crippen LogP contribution >= 0.6 is 0 Å². The maximum Gasteiger partial charge on any atom is 0.419 e. The Morgan fingerprint density at radius 1 is 0.978 bits per heavy atom. The fourth-order valence-corrected chi connectivity index (χ4v) is 6.64. The van der Waals surface area contributed by atoms with Crippen LogP contribution in [0.5, 0.6) is 5.75 Å². The van der Waals surface area contributed by atoms with Crippen molar-refractivity contribution in [1.29, 1.82) is 0 Å². The standard InChI is InChI=1S/C31H23F4NO3.C5H6O/c32-28-18-21(9-16-27(28)31(33,34)35)30(39-23-12-10-22(11-13-23)36(37)38)17-3-5-20-8-14-25-24-6-2-1-4-19(24)7-15-26(25)29(20)30;1-2-4-6-5-3-1/h1-2,4,6-16,18,20,29H,3,5,17H2;1-4H,5H2. The lowest BCUT2D eigenvalue weighted by atomic mass is 9.60. The summed E-state index contributed by atoms with van der Waals surface area (Å²) in [5.41, 5.74) is -0.389. The van der Waals surface area contributed by atoms with Gasteiger partial charge in [-0.15, -0.1) is 0 Å². The van der Waals surface area contributed by atoms with E-state index in [1.54, 1.807) is 6.26 Å². The molecule has 3 unspecified atom stereocenters. The molecular formula is C36H29F4NO4. The minimum atomic E-state index is -4.83. The van der Waals surface area contributed by atoms with Gasteiger partial charge < -0.3 is 9.47 Å². The highest BCUT2D eigenvalue weighted by atomic mass is 19.4. The van der Waals surface area contributed by atoms with Gasteiger partial charge in [-0.2, -0.15) is 13.2 Å². The van der Waals surface area contributed by atoms with Gasteiger partial charge in [0.15, 0.2) is 0 Å². The molecule has 0 N–H and O–H groups in total. The summed E-state index contributed by atoms with van der Waals surface area (Å²) in [6.07, 6.45) is 8.80. The Morgan fingerprint density at radius 3 is 2.42 bits per heavy atom. The molecule has 5 nitrogen and oxygen atoms in total. The maximum absolute atomic E-state index is 15.0. The normalized spacial score (nSPS) is 21.6. The molecule has 0 spiro atoms. The van der Waals surface area contributed by atoms with Crippen molar-refractivity contribution in [2.24, 2.45) is 5.92 Å². The summed E-state index contributed by atoms with van der Waals surface area (Å²) < 4.78 is 66.8. The number of non-ortho nitro benzene ring substituents is 1. The smallest absolute Gasteiger partial charge is 0.419 e. The number of allylic oxidation sites excluding steroid dienone is 3. The number of nitro groups is 1. The van der Waals surface area contributed by atoms with Crippen molar-refractivity contribution in [3.63, 3.8) is 0 Å². The molecule has 3 aliphatic rings. The second-order valence-electron chi connectivity index (χ2n) is 11.2. The minimum absolute atomic E-state index is 0.00388. The van der Waals surface area contributed by atoms with Gasteiger partial charge in [0.25, 0.3) is 5.69 Å². The molecule has 1 heterocycles. The van der Waals surface area contributed by atoms with Gasteiger partial charge in [-0.05, 0) is 89.1 Å². The Labute approximate surface area is 257 Å². The second-order valence-corrected chi connectivity index (χ2v) is 11.2. The molecule has 2 aliphatic carbocycles. The van der Waals surface area contributed by atoms with E-state index < -0.39 is 28.1 Å². The molecule has 7 rings (SSSR count). The van der Waals surface area contributed by atoms with Gasteiger partial charge in [0.1, 0.15) is 23.8 Å². The monoisotopic (exact) mass is 615 g/mol. The number of ether oxygens (including phenoxy) is 2. The van der Waals surface area contributed by atoms with E-state index in [1.807, 2.05) is 54.6 Å². The molecule has 1 fully saturated rings.